The molecule has 5 heterocycles. The monoisotopic (exact) mass is 346 g/mol. The molecule has 0 radical (unpaired) electrons. The van der Waals surface area contributed by atoms with Crippen molar-refractivity contribution in [1.29, 1.82) is 0 Å². The summed E-state index contributed by atoms with van der Waals surface area (Å²) in [5, 5.41) is 3.10. The number of likely N-dealkylation sites (tertiary alicyclic amines) is 1. The number of hydrogen-bond donors (Lipinski definition) is 1. The van der Waals surface area contributed by atoms with E-state index in [1.54, 1.807) is 6.07 Å². The molecular formula is C19H26N2O4. The van der Waals surface area contributed by atoms with Crippen LogP contribution in [0.1, 0.15) is 36.0 Å². The maximum Gasteiger partial charge on any atom is 0.254 e. The van der Waals surface area contributed by atoms with Crippen LogP contribution in [0, 0.1) is 11.8 Å². The highest BCUT2D eigenvalue weighted by molar-refractivity contribution is 5.93. The third-order valence-electron chi connectivity index (χ3n) is 6.80. The third-order valence-corrected chi connectivity index (χ3v) is 6.80. The lowest BCUT2D eigenvalue weighted by molar-refractivity contribution is -0.0122. The standard InChI is InChI=1S/C19H26N2O4/c22-18(13-2-6-24-11-13)20-9-15-16-10-21(14-3-7-23-8-4-14)12-19(16)5-1-17(15)25-19/h2,6,11,14-17H,1,3-5,7-10,12H2,(H,20,22)/t15-,16+,17+,19+/m0/s1. The fourth-order valence-corrected chi connectivity index (χ4v) is 5.53. The molecule has 0 unspecified atom stereocenters. The highest BCUT2D eigenvalue weighted by Crippen LogP contribution is 2.55. The summed E-state index contributed by atoms with van der Waals surface area (Å²) >= 11 is 0. The van der Waals surface area contributed by atoms with Gasteiger partial charge in [0.15, 0.2) is 0 Å². The van der Waals surface area contributed by atoms with Crippen molar-refractivity contribution in [2.24, 2.45) is 11.8 Å². The Labute approximate surface area is 147 Å². The summed E-state index contributed by atoms with van der Waals surface area (Å²) in [5.74, 6) is 0.915. The molecule has 136 valence electrons. The van der Waals surface area contributed by atoms with Crippen molar-refractivity contribution in [1.82, 2.24) is 10.2 Å². The van der Waals surface area contributed by atoms with Gasteiger partial charge in [0.05, 0.1) is 23.5 Å². The number of carbonyl (C=O) groups is 1. The van der Waals surface area contributed by atoms with Gasteiger partial charge in [-0.3, -0.25) is 9.69 Å². The minimum Gasteiger partial charge on any atom is -0.472 e. The van der Waals surface area contributed by atoms with E-state index in [2.05, 4.69) is 10.2 Å². The van der Waals surface area contributed by atoms with Crippen LogP contribution < -0.4 is 5.32 Å². The minimum atomic E-state index is -0.0511. The van der Waals surface area contributed by atoms with E-state index < -0.39 is 0 Å². The van der Waals surface area contributed by atoms with Gasteiger partial charge >= 0.3 is 0 Å². The first-order valence-electron chi connectivity index (χ1n) is 9.55. The lowest BCUT2D eigenvalue weighted by Crippen LogP contribution is -2.41. The van der Waals surface area contributed by atoms with Crippen LogP contribution in [0.15, 0.2) is 23.0 Å². The van der Waals surface area contributed by atoms with Crippen LogP contribution in [0.3, 0.4) is 0 Å². The number of furan rings is 1. The van der Waals surface area contributed by atoms with Gasteiger partial charge in [-0.15, -0.1) is 0 Å². The number of rotatable bonds is 4. The van der Waals surface area contributed by atoms with E-state index in [4.69, 9.17) is 13.9 Å². The van der Waals surface area contributed by atoms with Crippen molar-refractivity contribution in [2.45, 2.75) is 43.4 Å². The largest absolute Gasteiger partial charge is 0.472 e. The average molecular weight is 346 g/mol. The maximum absolute atomic E-state index is 12.2. The van der Waals surface area contributed by atoms with Gasteiger partial charge in [0.1, 0.15) is 6.26 Å². The minimum absolute atomic E-state index is 0.0357. The second kappa shape index (κ2) is 6.11. The summed E-state index contributed by atoms with van der Waals surface area (Å²) in [7, 11) is 0. The predicted octanol–water partition coefficient (Wildman–Crippen LogP) is 1.67. The Morgan fingerprint density at radius 2 is 2.20 bits per heavy atom. The number of carbonyl (C=O) groups excluding carboxylic acids is 1. The first-order chi connectivity index (χ1) is 12.3. The van der Waals surface area contributed by atoms with Crippen LogP contribution in [0.25, 0.3) is 0 Å². The van der Waals surface area contributed by atoms with Crippen molar-refractivity contribution < 1.29 is 18.7 Å². The number of ether oxygens (including phenoxy) is 2. The number of amides is 1. The fraction of sp³-hybridized carbons (Fsp3) is 0.737. The predicted molar refractivity (Wildman–Crippen MR) is 90.3 cm³/mol. The zero-order valence-corrected chi connectivity index (χ0v) is 14.5. The molecular weight excluding hydrogens is 320 g/mol. The number of fused-ring (bicyclic) bond motifs is 1. The summed E-state index contributed by atoms with van der Waals surface area (Å²) in [6.07, 6.45) is 7.91. The number of nitrogens with zero attached hydrogens (tertiary/aromatic N) is 1. The topological polar surface area (TPSA) is 63.9 Å². The molecule has 0 aliphatic carbocycles. The second-order valence-corrected chi connectivity index (χ2v) is 8.03. The molecule has 2 bridgehead atoms. The lowest BCUT2D eigenvalue weighted by Gasteiger charge is -2.32. The Kier molecular flexibility index (Phi) is 3.87. The Morgan fingerprint density at radius 1 is 1.32 bits per heavy atom. The molecule has 4 saturated heterocycles. The SMILES string of the molecule is O=C(NC[C@H]1[C@H]2CN(C3CCOCC3)C[C@]23CC[C@H]1O3)c1ccoc1. The average Bonchev–Trinajstić information content (AvgIpc) is 3.40. The van der Waals surface area contributed by atoms with Gasteiger partial charge in [0, 0.05) is 50.7 Å². The van der Waals surface area contributed by atoms with Gasteiger partial charge in [0.25, 0.3) is 5.91 Å². The van der Waals surface area contributed by atoms with Crippen molar-refractivity contribution in [3.8, 4) is 0 Å². The van der Waals surface area contributed by atoms with Crippen LogP contribution in [0.4, 0.5) is 0 Å². The zero-order chi connectivity index (χ0) is 16.9. The molecule has 1 aromatic rings. The Hall–Kier alpha value is -1.37. The van der Waals surface area contributed by atoms with Crippen molar-refractivity contribution in [3.05, 3.63) is 24.2 Å². The van der Waals surface area contributed by atoms with Crippen molar-refractivity contribution >= 4 is 5.91 Å². The van der Waals surface area contributed by atoms with Crippen molar-refractivity contribution in [3.63, 3.8) is 0 Å². The molecule has 4 fully saturated rings. The van der Waals surface area contributed by atoms with E-state index in [1.807, 2.05) is 0 Å². The summed E-state index contributed by atoms with van der Waals surface area (Å²) < 4.78 is 17.0. The molecule has 1 amide bonds. The molecule has 1 spiro atoms. The molecule has 4 aliphatic heterocycles. The second-order valence-electron chi connectivity index (χ2n) is 8.03. The molecule has 0 aromatic carbocycles. The van der Waals surface area contributed by atoms with Crippen LogP contribution in [-0.2, 0) is 9.47 Å². The zero-order valence-electron chi connectivity index (χ0n) is 14.5. The molecule has 25 heavy (non-hydrogen) atoms. The van der Waals surface area contributed by atoms with Crippen LogP contribution >= 0.6 is 0 Å². The van der Waals surface area contributed by atoms with E-state index in [1.165, 1.54) is 18.9 Å². The first-order valence-corrected chi connectivity index (χ1v) is 9.55. The molecule has 6 nitrogen and oxygen atoms in total. The van der Waals surface area contributed by atoms with Crippen LogP contribution in [0.2, 0.25) is 0 Å². The first kappa shape index (κ1) is 15.9. The Bertz CT molecular complexity index is 627. The molecule has 0 saturated carbocycles. The van der Waals surface area contributed by atoms with Crippen LogP contribution in [0.5, 0.6) is 0 Å². The van der Waals surface area contributed by atoms with Gasteiger partial charge in [-0.2, -0.15) is 0 Å². The lowest BCUT2D eigenvalue weighted by atomic mass is 9.73. The molecule has 5 rings (SSSR count). The summed E-state index contributed by atoms with van der Waals surface area (Å²) in [6, 6.07) is 2.34. The quantitative estimate of drug-likeness (QED) is 0.898. The number of nitrogens with one attached hydrogen (secondary N) is 1. The Balaban J connectivity index is 1.26. The van der Waals surface area contributed by atoms with Crippen molar-refractivity contribution in [2.75, 3.05) is 32.8 Å². The van der Waals surface area contributed by atoms with E-state index in [0.29, 0.717) is 36.1 Å². The van der Waals surface area contributed by atoms with Gasteiger partial charge in [0.2, 0.25) is 0 Å². The molecule has 4 aliphatic rings. The van der Waals surface area contributed by atoms with E-state index in [-0.39, 0.29) is 11.5 Å². The highest BCUT2D eigenvalue weighted by Gasteiger charge is 2.63. The van der Waals surface area contributed by atoms with Gasteiger partial charge in [-0.05, 0) is 31.7 Å². The van der Waals surface area contributed by atoms with Gasteiger partial charge in [-0.1, -0.05) is 0 Å². The van der Waals surface area contributed by atoms with E-state index in [0.717, 1.165) is 45.6 Å². The Morgan fingerprint density at radius 3 is 3.00 bits per heavy atom. The fourth-order valence-electron chi connectivity index (χ4n) is 5.53. The normalized spacial score (nSPS) is 38.2. The third kappa shape index (κ3) is 2.62. The molecule has 6 heteroatoms. The van der Waals surface area contributed by atoms with Gasteiger partial charge in [-0.25, -0.2) is 0 Å². The number of hydrogen-bond acceptors (Lipinski definition) is 5. The summed E-state index contributed by atoms with van der Waals surface area (Å²) in [6.45, 7) is 4.63. The van der Waals surface area contributed by atoms with Gasteiger partial charge < -0.3 is 19.2 Å². The summed E-state index contributed by atoms with van der Waals surface area (Å²) in [4.78, 5) is 14.9. The highest BCUT2D eigenvalue weighted by atomic mass is 16.5. The van der Waals surface area contributed by atoms with E-state index in [9.17, 15) is 4.79 Å². The molecule has 1 N–H and O–H groups in total. The molecule has 1 aromatic heterocycles. The molecule has 4 atom stereocenters. The summed E-state index contributed by atoms with van der Waals surface area (Å²) in [5.41, 5.74) is 0.627. The van der Waals surface area contributed by atoms with E-state index >= 15 is 0 Å². The maximum atomic E-state index is 12.2. The smallest absolute Gasteiger partial charge is 0.254 e. The van der Waals surface area contributed by atoms with Crippen LogP contribution in [-0.4, -0.2) is 61.4 Å².